The van der Waals surface area contributed by atoms with E-state index in [1.54, 1.807) is 5.48 Å². The summed E-state index contributed by atoms with van der Waals surface area (Å²) in [6, 6.07) is 0. The minimum atomic E-state index is -0.837. The zero-order valence-corrected chi connectivity index (χ0v) is 29.0. The van der Waals surface area contributed by atoms with Gasteiger partial charge in [-0.25, -0.2) is 5.48 Å². The highest BCUT2D eigenvalue weighted by atomic mass is 16.5. The predicted octanol–water partition coefficient (Wildman–Crippen LogP) is 4.34. The van der Waals surface area contributed by atoms with Crippen molar-refractivity contribution in [2.45, 2.75) is 141 Å². The second kappa shape index (κ2) is 24.2. The number of hydrogen-bond donors (Lipinski definition) is 7. The van der Waals surface area contributed by atoms with Gasteiger partial charge in [-0.1, -0.05) is 100 Å². The summed E-state index contributed by atoms with van der Waals surface area (Å²) in [5, 5.41) is 49.2. The number of aliphatic hydroxyl groups is 2. The molecule has 2 aliphatic carbocycles. The first-order chi connectivity index (χ1) is 23.9. The summed E-state index contributed by atoms with van der Waals surface area (Å²) in [5.41, 5.74) is 1.68. The van der Waals surface area contributed by atoms with Crippen LogP contribution in [-0.4, -0.2) is 79.0 Å². The fourth-order valence-electron chi connectivity index (χ4n) is 6.93. The quantitative estimate of drug-likeness (QED) is 0.0517. The highest BCUT2D eigenvalue weighted by Crippen LogP contribution is 2.32. The van der Waals surface area contributed by atoms with Crippen LogP contribution in [0.1, 0.15) is 151 Å². The molecule has 49 heavy (non-hydrogen) atoms. The molecule has 2 aliphatic rings. The molecule has 2 atom stereocenters. The van der Waals surface area contributed by atoms with E-state index in [9.17, 15) is 9.59 Å². The minimum Gasteiger partial charge on any atom is -0.481 e. The van der Waals surface area contributed by atoms with Gasteiger partial charge in [0, 0.05) is 31.3 Å². The zero-order valence-electron chi connectivity index (χ0n) is 29.0. The molecule has 2 aromatic rings. The Morgan fingerprint density at radius 3 is 1.57 bits per heavy atom. The van der Waals surface area contributed by atoms with E-state index < -0.39 is 11.9 Å². The van der Waals surface area contributed by atoms with Crippen LogP contribution in [0, 0.1) is 11.8 Å². The molecule has 0 saturated heterocycles. The van der Waals surface area contributed by atoms with E-state index in [-0.39, 0.29) is 37.9 Å². The SMILES string of the molecule is O=C(C[C@@H](CCCC1CCCCC1)c1nc(CNCCO)no1)NO.O=C(O)C[C@@H](CCCC1CCCCC1)c1nc(CNCCO)no1. The molecule has 278 valence electrons. The topological polar surface area (TPSA) is 229 Å². The van der Waals surface area contributed by atoms with Crippen LogP contribution >= 0.6 is 0 Å². The van der Waals surface area contributed by atoms with Gasteiger partial charge < -0.3 is 35.0 Å². The number of rotatable bonds is 22. The van der Waals surface area contributed by atoms with Crippen LogP contribution < -0.4 is 16.1 Å². The number of aliphatic hydroxyl groups excluding tert-OH is 2. The molecule has 0 spiro atoms. The first-order valence-corrected chi connectivity index (χ1v) is 18.3. The van der Waals surface area contributed by atoms with Crippen LogP contribution in [0.5, 0.6) is 0 Å². The van der Waals surface area contributed by atoms with Crippen LogP contribution in [0.25, 0.3) is 0 Å². The van der Waals surface area contributed by atoms with Crippen LogP contribution in [0.4, 0.5) is 0 Å². The van der Waals surface area contributed by atoms with Crippen molar-refractivity contribution in [3.05, 3.63) is 23.4 Å². The molecule has 2 aromatic heterocycles. The van der Waals surface area contributed by atoms with Crippen LogP contribution in [-0.2, 0) is 22.7 Å². The van der Waals surface area contributed by atoms with Gasteiger partial charge >= 0.3 is 5.97 Å². The van der Waals surface area contributed by atoms with E-state index in [4.69, 9.17) is 29.6 Å². The van der Waals surface area contributed by atoms with Crippen molar-refractivity contribution < 1.29 is 39.2 Å². The molecule has 7 N–H and O–H groups in total. The molecule has 0 unspecified atom stereocenters. The average Bonchev–Trinajstić information content (AvgIpc) is 3.79. The molecule has 0 radical (unpaired) electrons. The number of nitrogens with one attached hydrogen (secondary N) is 3. The van der Waals surface area contributed by atoms with E-state index in [1.807, 2.05) is 0 Å². The Balaban J connectivity index is 0.000000266. The summed E-state index contributed by atoms with van der Waals surface area (Å²) in [4.78, 5) is 31.4. The first-order valence-electron chi connectivity index (χ1n) is 18.3. The number of aliphatic carboxylic acids is 1. The maximum atomic E-state index is 11.6. The average molecular weight is 694 g/mol. The number of hydroxylamine groups is 1. The third-order valence-electron chi connectivity index (χ3n) is 9.57. The van der Waals surface area contributed by atoms with Crippen molar-refractivity contribution in [1.82, 2.24) is 36.4 Å². The van der Waals surface area contributed by atoms with Crippen molar-refractivity contribution in [3.8, 4) is 0 Å². The summed E-state index contributed by atoms with van der Waals surface area (Å²) in [6.07, 6.45) is 19.3. The number of carboxylic acid groups (broad SMARTS) is 1. The Morgan fingerprint density at radius 2 is 1.16 bits per heavy atom. The van der Waals surface area contributed by atoms with Crippen LogP contribution in [0.15, 0.2) is 9.05 Å². The number of carbonyl (C=O) groups excluding carboxylic acids is 1. The Labute approximate surface area is 289 Å². The lowest BCUT2D eigenvalue weighted by Gasteiger charge is -2.22. The van der Waals surface area contributed by atoms with Crippen molar-refractivity contribution in [2.75, 3.05) is 26.3 Å². The summed E-state index contributed by atoms with van der Waals surface area (Å²) < 4.78 is 10.6. The van der Waals surface area contributed by atoms with E-state index in [1.165, 1.54) is 64.2 Å². The summed E-state index contributed by atoms with van der Waals surface area (Å²) in [5.74, 6) is 1.77. The van der Waals surface area contributed by atoms with Gasteiger partial charge in [0.15, 0.2) is 11.6 Å². The molecule has 0 aromatic carbocycles. The fourth-order valence-corrected chi connectivity index (χ4v) is 6.93. The maximum Gasteiger partial charge on any atom is 0.304 e. The third kappa shape index (κ3) is 16.5. The molecule has 15 heteroatoms. The predicted molar refractivity (Wildman–Crippen MR) is 179 cm³/mol. The Hall–Kier alpha value is -2.98. The number of carbonyl (C=O) groups is 2. The fraction of sp³-hybridized carbons (Fsp3) is 0.824. The molecule has 2 saturated carbocycles. The van der Waals surface area contributed by atoms with Gasteiger partial charge in [-0.15, -0.1) is 0 Å². The molecule has 4 rings (SSSR count). The number of aromatic nitrogens is 4. The van der Waals surface area contributed by atoms with Gasteiger partial charge in [0.05, 0.1) is 32.7 Å². The van der Waals surface area contributed by atoms with Crippen molar-refractivity contribution in [3.63, 3.8) is 0 Å². The molecular formula is C34H59N7O8. The standard InChI is InChI=1S/C17H30N4O4.C17H29N3O4/c22-10-9-18-12-15-19-17(25-21-15)14(11-16(23)20-24)8-4-7-13-5-2-1-3-6-13;21-10-9-18-12-15-19-17(24-20-15)14(11-16(22)23)8-4-7-13-5-2-1-3-6-13/h13-14,18,22,24H,1-12H2,(H,20,23);13-14,18,21H,1-12H2,(H,22,23)/t2*14-/m11/s1. The van der Waals surface area contributed by atoms with E-state index >= 15 is 0 Å². The second-order valence-electron chi connectivity index (χ2n) is 13.5. The third-order valence-corrected chi connectivity index (χ3v) is 9.57. The number of nitrogens with zero attached hydrogens (tertiary/aromatic N) is 4. The van der Waals surface area contributed by atoms with Crippen LogP contribution in [0.2, 0.25) is 0 Å². The lowest BCUT2D eigenvalue weighted by atomic mass is 9.84. The molecule has 15 nitrogen and oxygen atoms in total. The molecular weight excluding hydrogens is 634 g/mol. The number of hydrogen-bond acceptors (Lipinski definition) is 13. The molecule has 2 fully saturated rings. The highest BCUT2D eigenvalue weighted by molar-refractivity contribution is 5.75. The largest absolute Gasteiger partial charge is 0.481 e. The van der Waals surface area contributed by atoms with Crippen molar-refractivity contribution in [2.24, 2.45) is 11.8 Å². The molecule has 0 aliphatic heterocycles. The first kappa shape index (κ1) is 40.4. The summed E-state index contributed by atoms with van der Waals surface area (Å²) >= 11 is 0. The lowest BCUT2D eigenvalue weighted by Crippen LogP contribution is -2.21. The zero-order chi connectivity index (χ0) is 35.1. The molecule has 2 heterocycles. The molecule has 1 amide bonds. The van der Waals surface area contributed by atoms with Gasteiger partial charge in [0.1, 0.15) is 0 Å². The van der Waals surface area contributed by atoms with Gasteiger partial charge in [-0.05, 0) is 24.7 Å². The normalized spacial score (nSPS) is 16.9. The molecule has 0 bridgehead atoms. The lowest BCUT2D eigenvalue weighted by molar-refractivity contribution is -0.137. The van der Waals surface area contributed by atoms with Crippen molar-refractivity contribution in [1.29, 1.82) is 0 Å². The highest BCUT2D eigenvalue weighted by Gasteiger charge is 2.24. The monoisotopic (exact) mass is 693 g/mol. The summed E-state index contributed by atoms with van der Waals surface area (Å²) in [7, 11) is 0. The van der Waals surface area contributed by atoms with E-state index in [2.05, 4.69) is 30.9 Å². The van der Waals surface area contributed by atoms with Gasteiger partial charge in [-0.2, -0.15) is 9.97 Å². The van der Waals surface area contributed by atoms with E-state index in [0.717, 1.165) is 50.4 Å². The van der Waals surface area contributed by atoms with Crippen LogP contribution in [0.3, 0.4) is 0 Å². The van der Waals surface area contributed by atoms with Gasteiger partial charge in [0.25, 0.3) is 0 Å². The second-order valence-corrected chi connectivity index (χ2v) is 13.5. The van der Waals surface area contributed by atoms with Crippen molar-refractivity contribution >= 4 is 11.9 Å². The maximum absolute atomic E-state index is 11.6. The number of carboxylic acids is 1. The summed E-state index contributed by atoms with van der Waals surface area (Å²) in [6.45, 7) is 1.83. The Bertz CT molecular complexity index is 1170. The Morgan fingerprint density at radius 1 is 0.714 bits per heavy atom. The smallest absolute Gasteiger partial charge is 0.304 e. The Kier molecular flexibility index (Phi) is 20.0. The van der Waals surface area contributed by atoms with Gasteiger partial charge in [0.2, 0.25) is 17.7 Å². The van der Waals surface area contributed by atoms with Gasteiger partial charge in [-0.3, -0.25) is 14.8 Å². The minimum absolute atomic E-state index is 0.0242. The number of amides is 1. The van der Waals surface area contributed by atoms with E-state index in [0.29, 0.717) is 49.6 Å².